The lowest BCUT2D eigenvalue weighted by Gasteiger charge is -2.09. The van der Waals surface area contributed by atoms with Gasteiger partial charge in [-0.1, -0.05) is 15.9 Å². The molecule has 8 nitrogen and oxygen atoms in total. The molecule has 0 aromatic heterocycles. The second-order valence-electron chi connectivity index (χ2n) is 3.71. The van der Waals surface area contributed by atoms with Gasteiger partial charge in [0.2, 0.25) is 0 Å². The third-order valence-corrected chi connectivity index (χ3v) is 2.57. The van der Waals surface area contributed by atoms with Crippen molar-refractivity contribution in [3.05, 3.63) is 28.2 Å². The molecule has 108 valence electrons. The minimum Gasteiger partial charge on any atom is -0.478 e. The highest BCUT2D eigenvalue weighted by Crippen LogP contribution is 2.19. The molecule has 0 aliphatic rings. The van der Waals surface area contributed by atoms with E-state index >= 15 is 0 Å². The monoisotopic (exact) mass is 344 g/mol. The molecule has 0 heterocycles. The summed E-state index contributed by atoms with van der Waals surface area (Å²) in [5.74, 6) is -1.10. The van der Waals surface area contributed by atoms with Gasteiger partial charge in [0, 0.05) is 23.2 Å². The maximum absolute atomic E-state index is 11.5. The quantitative estimate of drug-likeness (QED) is 0.508. The van der Waals surface area contributed by atoms with Crippen LogP contribution in [-0.4, -0.2) is 36.2 Å². The summed E-state index contributed by atoms with van der Waals surface area (Å²) in [6.07, 6.45) is 0. The second kappa shape index (κ2) is 7.34. The summed E-state index contributed by atoms with van der Waals surface area (Å²) in [6, 6.07) is 3.11. The SMILES string of the molecule is NC(=O)NCCNC(=O)Nc1cc(Br)cc(C(=O)O)c1. The van der Waals surface area contributed by atoms with Crippen molar-refractivity contribution in [2.45, 2.75) is 0 Å². The van der Waals surface area contributed by atoms with Crippen LogP contribution in [0.15, 0.2) is 22.7 Å². The number of amides is 4. The standard InChI is InChI=1S/C11H13BrN4O4/c12-7-3-6(9(17)18)4-8(5-7)16-11(20)15-2-1-14-10(13)19/h3-5H,1-2H2,(H,17,18)(H3,13,14,19)(H2,15,16,20). The van der Waals surface area contributed by atoms with Gasteiger partial charge in [0.25, 0.3) is 0 Å². The number of rotatable bonds is 5. The first-order chi connectivity index (χ1) is 9.38. The van der Waals surface area contributed by atoms with Crippen LogP contribution in [0.5, 0.6) is 0 Å². The molecule has 0 radical (unpaired) electrons. The molecule has 0 aliphatic heterocycles. The first-order valence-corrected chi connectivity index (χ1v) is 6.30. The number of hydrogen-bond acceptors (Lipinski definition) is 3. The second-order valence-corrected chi connectivity index (χ2v) is 4.62. The van der Waals surface area contributed by atoms with E-state index in [1.54, 1.807) is 6.07 Å². The minimum absolute atomic E-state index is 0.0464. The number of primary amides is 1. The van der Waals surface area contributed by atoms with Crippen molar-refractivity contribution in [2.24, 2.45) is 5.73 Å². The highest BCUT2D eigenvalue weighted by atomic mass is 79.9. The molecule has 1 aromatic rings. The Hall–Kier alpha value is -2.29. The smallest absolute Gasteiger partial charge is 0.335 e. The van der Waals surface area contributed by atoms with Crippen molar-refractivity contribution >= 4 is 39.6 Å². The van der Waals surface area contributed by atoms with Crippen LogP contribution in [-0.2, 0) is 0 Å². The topological polar surface area (TPSA) is 134 Å². The van der Waals surface area contributed by atoms with E-state index in [1.807, 2.05) is 0 Å². The Bertz CT molecular complexity index is 535. The third-order valence-electron chi connectivity index (χ3n) is 2.11. The van der Waals surface area contributed by atoms with Crippen LogP contribution in [0.25, 0.3) is 0 Å². The van der Waals surface area contributed by atoms with Gasteiger partial charge in [0.15, 0.2) is 0 Å². The lowest BCUT2D eigenvalue weighted by atomic mass is 10.2. The van der Waals surface area contributed by atoms with Gasteiger partial charge in [0.05, 0.1) is 5.56 Å². The lowest BCUT2D eigenvalue weighted by molar-refractivity contribution is 0.0696. The van der Waals surface area contributed by atoms with E-state index in [9.17, 15) is 14.4 Å². The predicted molar refractivity (Wildman–Crippen MR) is 75.7 cm³/mol. The maximum Gasteiger partial charge on any atom is 0.335 e. The summed E-state index contributed by atoms with van der Waals surface area (Å²) in [5.41, 5.74) is 5.23. The molecule has 1 rings (SSSR count). The summed E-state index contributed by atoms with van der Waals surface area (Å²) >= 11 is 3.15. The Labute approximate surface area is 122 Å². The average Bonchev–Trinajstić information content (AvgIpc) is 2.33. The van der Waals surface area contributed by atoms with Gasteiger partial charge in [-0.25, -0.2) is 14.4 Å². The highest BCUT2D eigenvalue weighted by Gasteiger charge is 2.08. The Kier molecular flexibility index (Phi) is 5.78. The van der Waals surface area contributed by atoms with Crippen molar-refractivity contribution in [1.82, 2.24) is 10.6 Å². The van der Waals surface area contributed by atoms with Gasteiger partial charge in [0.1, 0.15) is 0 Å². The molecule has 4 amide bonds. The van der Waals surface area contributed by atoms with E-state index in [0.717, 1.165) is 0 Å². The van der Waals surface area contributed by atoms with Crippen molar-refractivity contribution in [3.8, 4) is 0 Å². The largest absolute Gasteiger partial charge is 0.478 e. The van der Waals surface area contributed by atoms with Crippen LogP contribution >= 0.6 is 15.9 Å². The molecule has 20 heavy (non-hydrogen) atoms. The first-order valence-electron chi connectivity index (χ1n) is 5.50. The number of halogens is 1. The number of benzene rings is 1. The number of aromatic carboxylic acids is 1. The summed E-state index contributed by atoms with van der Waals surface area (Å²) in [5, 5.41) is 16.2. The minimum atomic E-state index is -1.10. The van der Waals surface area contributed by atoms with Gasteiger partial charge in [-0.2, -0.15) is 0 Å². The fourth-order valence-corrected chi connectivity index (χ4v) is 1.82. The zero-order valence-electron chi connectivity index (χ0n) is 10.3. The van der Waals surface area contributed by atoms with Crippen LogP contribution in [0.3, 0.4) is 0 Å². The fraction of sp³-hybridized carbons (Fsp3) is 0.182. The number of urea groups is 2. The van der Waals surface area contributed by atoms with Gasteiger partial charge in [-0.15, -0.1) is 0 Å². The lowest BCUT2D eigenvalue weighted by Crippen LogP contribution is -2.38. The Morgan fingerprint density at radius 1 is 1.15 bits per heavy atom. The zero-order chi connectivity index (χ0) is 15.1. The van der Waals surface area contributed by atoms with Crippen LogP contribution in [0, 0.1) is 0 Å². The van der Waals surface area contributed by atoms with Crippen LogP contribution in [0.4, 0.5) is 15.3 Å². The van der Waals surface area contributed by atoms with E-state index in [1.165, 1.54) is 12.1 Å². The average molecular weight is 345 g/mol. The summed E-state index contributed by atoms with van der Waals surface area (Å²) in [4.78, 5) is 32.8. The summed E-state index contributed by atoms with van der Waals surface area (Å²) in [6.45, 7) is 0.385. The molecule has 0 fully saturated rings. The van der Waals surface area contributed by atoms with Gasteiger partial charge in [-0.05, 0) is 18.2 Å². The van der Waals surface area contributed by atoms with Crippen LogP contribution in [0.2, 0.25) is 0 Å². The van der Waals surface area contributed by atoms with Crippen molar-refractivity contribution < 1.29 is 19.5 Å². The number of carbonyl (C=O) groups excluding carboxylic acids is 2. The van der Waals surface area contributed by atoms with Crippen molar-refractivity contribution in [3.63, 3.8) is 0 Å². The van der Waals surface area contributed by atoms with E-state index in [2.05, 4.69) is 31.9 Å². The molecule has 1 aromatic carbocycles. The number of nitrogens with two attached hydrogens (primary N) is 1. The van der Waals surface area contributed by atoms with Crippen molar-refractivity contribution in [2.75, 3.05) is 18.4 Å². The molecule has 0 saturated carbocycles. The molecular weight excluding hydrogens is 332 g/mol. The molecule has 0 spiro atoms. The normalized spacial score (nSPS) is 9.65. The Morgan fingerprint density at radius 3 is 2.40 bits per heavy atom. The van der Waals surface area contributed by atoms with Crippen molar-refractivity contribution in [1.29, 1.82) is 0 Å². The molecule has 6 N–H and O–H groups in total. The van der Waals surface area contributed by atoms with E-state index < -0.39 is 18.0 Å². The third kappa shape index (κ3) is 5.57. The number of carbonyl (C=O) groups is 3. The van der Waals surface area contributed by atoms with Gasteiger partial charge in [-0.3, -0.25) is 0 Å². The molecule has 0 bridgehead atoms. The van der Waals surface area contributed by atoms with E-state index in [0.29, 0.717) is 10.2 Å². The number of carboxylic acid groups (broad SMARTS) is 1. The molecule has 0 saturated heterocycles. The van der Waals surface area contributed by atoms with Crippen LogP contribution < -0.4 is 21.7 Å². The zero-order valence-corrected chi connectivity index (χ0v) is 11.9. The van der Waals surface area contributed by atoms with Gasteiger partial charge >= 0.3 is 18.0 Å². The number of hydrogen-bond donors (Lipinski definition) is 5. The molecule has 0 atom stereocenters. The van der Waals surface area contributed by atoms with E-state index in [4.69, 9.17) is 10.8 Å². The molecule has 0 aliphatic carbocycles. The Morgan fingerprint density at radius 2 is 1.80 bits per heavy atom. The fourth-order valence-electron chi connectivity index (χ4n) is 1.32. The van der Waals surface area contributed by atoms with Crippen LogP contribution in [0.1, 0.15) is 10.4 Å². The van der Waals surface area contributed by atoms with E-state index in [-0.39, 0.29) is 18.7 Å². The predicted octanol–water partition coefficient (Wildman–Crippen LogP) is 0.937. The molecule has 0 unspecified atom stereocenters. The summed E-state index contributed by atoms with van der Waals surface area (Å²) in [7, 11) is 0. The van der Waals surface area contributed by atoms with Gasteiger partial charge < -0.3 is 26.8 Å². The number of anilines is 1. The molecule has 9 heteroatoms. The number of carboxylic acids is 1. The summed E-state index contributed by atoms with van der Waals surface area (Å²) < 4.78 is 0.531. The highest BCUT2D eigenvalue weighted by molar-refractivity contribution is 9.10. The Balaban J connectivity index is 2.53. The molecular formula is C11H13BrN4O4. The number of nitrogens with one attached hydrogen (secondary N) is 3. The maximum atomic E-state index is 11.5. The first kappa shape index (κ1) is 15.8.